The molecule has 1 aliphatic heterocycles. The van der Waals surface area contributed by atoms with E-state index in [1.165, 1.54) is 4.90 Å². The molecule has 4 nitrogen and oxygen atoms in total. The summed E-state index contributed by atoms with van der Waals surface area (Å²) < 4.78 is 1.76. The minimum atomic E-state index is -0.0709. The number of hydrogen-bond donors (Lipinski definition) is 1. The Morgan fingerprint density at radius 2 is 2.04 bits per heavy atom. The van der Waals surface area contributed by atoms with Crippen molar-refractivity contribution >= 4 is 46.6 Å². The Bertz CT molecular complexity index is 1030. The first-order valence-corrected chi connectivity index (χ1v) is 9.47. The van der Waals surface area contributed by atoms with Crippen LogP contribution in [0.3, 0.4) is 0 Å². The number of para-hydroxylation sites is 1. The summed E-state index contributed by atoms with van der Waals surface area (Å²) in [5.41, 5.74) is 3.38. The molecule has 4 rings (SSSR count). The molecule has 0 spiro atoms. The molecular weight excluding hydrogens is 366 g/mol. The Hall–Kier alpha value is -2.50. The minimum absolute atomic E-state index is 0.0709. The SMILES string of the molecule is CCn1ncc(Cl)c1/C=C/C(=O)c1ccc2c(c1)Nc1ccccc1S2. The van der Waals surface area contributed by atoms with Crippen molar-refractivity contribution in [3.8, 4) is 0 Å². The first-order valence-electron chi connectivity index (χ1n) is 8.27. The number of carbonyl (C=O) groups excluding carboxylic acids is 1. The zero-order valence-electron chi connectivity index (χ0n) is 14.1. The monoisotopic (exact) mass is 381 g/mol. The van der Waals surface area contributed by atoms with Crippen LogP contribution in [0.25, 0.3) is 6.08 Å². The Morgan fingerprint density at radius 1 is 1.23 bits per heavy atom. The molecule has 2 aromatic carbocycles. The maximum Gasteiger partial charge on any atom is 0.185 e. The van der Waals surface area contributed by atoms with Gasteiger partial charge in [0.1, 0.15) is 0 Å². The number of aryl methyl sites for hydroxylation is 1. The van der Waals surface area contributed by atoms with E-state index in [4.69, 9.17) is 11.6 Å². The third kappa shape index (κ3) is 3.16. The summed E-state index contributed by atoms with van der Waals surface area (Å²) in [6, 6.07) is 13.9. The van der Waals surface area contributed by atoms with Crippen LogP contribution in [0.2, 0.25) is 5.02 Å². The summed E-state index contributed by atoms with van der Waals surface area (Å²) in [4.78, 5) is 14.9. The van der Waals surface area contributed by atoms with Gasteiger partial charge in [-0.3, -0.25) is 9.48 Å². The highest BCUT2D eigenvalue weighted by Gasteiger charge is 2.16. The van der Waals surface area contributed by atoms with E-state index in [0.29, 0.717) is 17.1 Å². The quantitative estimate of drug-likeness (QED) is 0.366. The van der Waals surface area contributed by atoms with Gasteiger partial charge in [-0.05, 0) is 49.4 Å². The first kappa shape index (κ1) is 16.9. The van der Waals surface area contributed by atoms with Crippen molar-refractivity contribution in [3.63, 3.8) is 0 Å². The fourth-order valence-corrected chi connectivity index (χ4v) is 4.01. The van der Waals surface area contributed by atoms with Gasteiger partial charge >= 0.3 is 0 Å². The second-order valence-electron chi connectivity index (χ2n) is 5.83. The summed E-state index contributed by atoms with van der Waals surface area (Å²) >= 11 is 7.84. The van der Waals surface area contributed by atoms with Gasteiger partial charge in [0.15, 0.2) is 5.78 Å². The average molecular weight is 382 g/mol. The molecule has 0 unspecified atom stereocenters. The zero-order valence-corrected chi connectivity index (χ0v) is 15.6. The Morgan fingerprint density at radius 3 is 2.88 bits per heavy atom. The van der Waals surface area contributed by atoms with Gasteiger partial charge in [0, 0.05) is 21.9 Å². The summed E-state index contributed by atoms with van der Waals surface area (Å²) in [5.74, 6) is -0.0709. The number of halogens is 1. The highest BCUT2D eigenvalue weighted by Crippen LogP contribution is 2.44. The molecule has 26 heavy (non-hydrogen) atoms. The van der Waals surface area contributed by atoms with Gasteiger partial charge in [-0.25, -0.2) is 0 Å². The second kappa shape index (κ2) is 7.02. The normalized spacial score (nSPS) is 12.5. The van der Waals surface area contributed by atoms with E-state index >= 15 is 0 Å². The van der Waals surface area contributed by atoms with Crippen molar-refractivity contribution in [1.29, 1.82) is 0 Å². The van der Waals surface area contributed by atoms with Crippen LogP contribution < -0.4 is 5.32 Å². The number of benzene rings is 2. The van der Waals surface area contributed by atoms with E-state index in [0.717, 1.165) is 22.0 Å². The number of nitrogens with zero attached hydrogens (tertiary/aromatic N) is 2. The number of anilines is 2. The van der Waals surface area contributed by atoms with Gasteiger partial charge in [0.25, 0.3) is 0 Å². The number of rotatable bonds is 4. The van der Waals surface area contributed by atoms with Gasteiger partial charge in [0.2, 0.25) is 0 Å². The predicted octanol–water partition coefficient (Wildman–Crippen LogP) is 5.66. The summed E-state index contributed by atoms with van der Waals surface area (Å²) in [7, 11) is 0. The maximum atomic E-state index is 12.6. The lowest BCUT2D eigenvalue weighted by atomic mass is 10.1. The van der Waals surface area contributed by atoms with Gasteiger partial charge in [0.05, 0.1) is 28.3 Å². The molecule has 0 aliphatic carbocycles. The third-order valence-corrected chi connectivity index (χ3v) is 5.61. The van der Waals surface area contributed by atoms with Crippen molar-refractivity contribution in [2.24, 2.45) is 0 Å². The van der Waals surface area contributed by atoms with Crippen molar-refractivity contribution in [2.45, 2.75) is 23.3 Å². The van der Waals surface area contributed by atoms with Crippen LogP contribution in [0.15, 0.2) is 64.5 Å². The van der Waals surface area contributed by atoms with Crippen LogP contribution in [0.5, 0.6) is 0 Å². The molecule has 0 saturated heterocycles. The van der Waals surface area contributed by atoms with Crippen LogP contribution in [-0.2, 0) is 6.54 Å². The first-order chi connectivity index (χ1) is 12.7. The molecule has 0 bridgehead atoms. The number of ketones is 1. The highest BCUT2D eigenvalue weighted by molar-refractivity contribution is 7.99. The van der Waals surface area contributed by atoms with Crippen LogP contribution >= 0.6 is 23.4 Å². The molecule has 0 fully saturated rings. The molecular formula is C20H16ClN3OS. The van der Waals surface area contributed by atoms with Crippen LogP contribution in [0.1, 0.15) is 23.0 Å². The molecule has 2 heterocycles. The number of carbonyl (C=O) groups is 1. The molecule has 1 aliphatic rings. The molecule has 3 aromatic rings. The molecule has 0 atom stereocenters. The van der Waals surface area contributed by atoms with E-state index in [9.17, 15) is 4.79 Å². The topological polar surface area (TPSA) is 46.9 Å². The van der Waals surface area contributed by atoms with Crippen molar-refractivity contribution in [2.75, 3.05) is 5.32 Å². The third-order valence-electron chi connectivity index (χ3n) is 4.17. The van der Waals surface area contributed by atoms with Crippen LogP contribution in [0.4, 0.5) is 11.4 Å². The lowest BCUT2D eigenvalue weighted by molar-refractivity contribution is 0.104. The molecule has 1 aromatic heterocycles. The van der Waals surface area contributed by atoms with Crippen LogP contribution in [-0.4, -0.2) is 15.6 Å². The number of nitrogens with one attached hydrogen (secondary N) is 1. The lowest BCUT2D eigenvalue weighted by Crippen LogP contribution is -2.03. The van der Waals surface area contributed by atoms with Crippen LogP contribution in [0, 0.1) is 0 Å². The number of fused-ring (bicyclic) bond motifs is 2. The van der Waals surface area contributed by atoms with E-state index in [1.807, 2.05) is 43.3 Å². The van der Waals surface area contributed by atoms with E-state index in [2.05, 4.69) is 16.5 Å². The van der Waals surface area contributed by atoms with Crippen molar-refractivity contribution in [3.05, 3.63) is 71.0 Å². The number of allylic oxidation sites excluding steroid dienone is 1. The van der Waals surface area contributed by atoms with Crippen molar-refractivity contribution < 1.29 is 4.79 Å². The predicted molar refractivity (Wildman–Crippen MR) is 107 cm³/mol. The number of aromatic nitrogens is 2. The van der Waals surface area contributed by atoms with Gasteiger partial charge in [-0.1, -0.05) is 35.5 Å². The van der Waals surface area contributed by atoms with E-state index in [-0.39, 0.29) is 5.78 Å². The minimum Gasteiger partial charge on any atom is -0.354 e. The van der Waals surface area contributed by atoms with E-state index in [1.54, 1.807) is 34.8 Å². The van der Waals surface area contributed by atoms with Gasteiger partial charge in [-0.2, -0.15) is 5.10 Å². The standard InChI is InChI=1S/C20H16ClN3OS/c1-2-24-17(14(21)12-22-24)8-9-18(25)13-7-10-20-16(11-13)23-15-5-3-4-6-19(15)26-20/h3-12,23H,2H2,1H3/b9-8+. The molecule has 0 saturated carbocycles. The second-order valence-corrected chi connectivity index (χ2v) is 7.32. The largest absolute Gasteiger partial charge is 0.354 e. The van der Waals surface area contributed by atoms with Gasteiger partial charge < -0.3 is 5.32 Å². The van der Waals surface area contributed by atoms with Gasteiger partial charge in [-0.15, -0.1) is 0 Å². The average Bonchev–Trinajstić information content (AvgIpc) is 3.03. The van der Waals surface area contributed by atoms with Crippen molar-refractivity contribution in [1.82, 2.24) is 9.78 Å². The Kier molecular flexibility index (Phi) is 4.57. The lowest BCUT2D eigenvalue weighted by Gasteiger charge is -2.20. The van der Waals surface area contributed by atoms with E-state index < -0.39 is 0 Å². The zero-order chi connectivity index (χ0) is 18.1. The summed E-state index contributed by atoms with van der Waals surface area (Å²) in [6.45, 7) is 2.67. The molecule has 0 radical (unpaired) electrons. The smallest absolute Gasteiger partial charge is 0.185 e. The highest BCUT2D eigenvalue weighted by atomic mass is 35.5. The molecule has 6 heteroatoms. The molecule has 1 N–H and O–H groups in total. The maximum absolute atomic E-state index is 12.6. The Labute approximate surface area is 160 Å². The molecule has 0 amide bonds. The summed E-state index contributed by atoms with van der Waals surface area (Å²) in [5, 5.41) is 8.11. The fraction of sp³-hybridized carbons (Fsp3) is 0.100. The Balaban J connectivity index is 1.59. The molecule has 130 valence electrons. The summed E-state index contributed by atoms with van der Waals surface area (Å²) in [6.07, 6.45) is 4.85. The number of hydrogen-bond acceptors (Lipinski definition) is 4. The fourth-order valence-electron chi connectivity index (χ4n) is 2.83.